The van der Waals surface area contributed by atoms with Crippen LogP contribution >= 0.6 is 11.3 Å². The van der Waals surface area contributed by atoms with Crippen LogP contribution in [0.4, 0.5) is 9.52 Å². The lowest BCUT2D eigenvalue weighted by molar-refractivity contribution is 0.628. The third kappa shape index (κ3) is 3.73. The second kappa shape index (κ2) is 7.78. The maximum absolute atomic E-state index is 13.1. The van der Waals surface area contributed by atoms with E-state index in [1.165, 1.54) is 23.5 Å². The Morgan fingerprint density at radius 2 is 1.82 bits per heavy atom. The standard InChI is InChI=1S/C22H19FN4S/c1-15-12-18(16(2)27(15)20-6-4-3-5-7-20)13-24-26-22-25-21(14-28-22)17-8-10-19(23)11-9-17/h3-14H,1-2H3,(H,25,26). The molecule has 28 heavy (non-hydrogen) atoms. The Balaban J connectivity index is 1.50. The topological polar surface area (TPSA) is 42.2 Å². The first-order valence-electron chi connectivity index (χ1n) is 8.87. The largest absolute Gasteiger partial charge is 0.318 e. The summed E-state index contributed by atoms with van der Waals surface area (Å²) < 4.78 is 15.3. The number of hydrogen-bond donors (Lipinski definition) is 1. The van der Waals surface area contributed by atoms with Crippen LogP contribution in [-0.4, -0.2) is 15.8 Å². The Labute approximate surface area is 167 Å². The molecule has 2 aromatic carbocycles. The molecule has 0 amide bonds. The molecule has 4 nitrogen and oxygen atoms in total. The van der Waals surface area contributed by atoms with E-state index in [-0.39, 0.29) is 5.82 Å². The molecule has 0 saturated heterocycles. The van der Waals surface area contributed by atoms with E-state index in [0.29, 0.717) is 5.13 Å². The summed E-state index contributed by atoms with van der Waals surface area (Å²) in [5.41, 5.74) is 9.11. The van der Waals surface area contributed by atoms with Crippen molar-refractivity contribution in [3.8, 4) is 16.9 Å². The molecular formula is C22H19FN4S. The fraction of sp³-hybridized carbons (Fsp3) is 0.0909. The van der Waals surface area contributed by atoms with Crippen LogP contribution in [0.1, 0.15) is 17.0 Å². The summed E-state index contributed by atoms with van der Waals surface area (Å²) in [6.07, 6.45) is 1.81. The van der Waals surface area contributed by atoms with Crippen molar-refractivity contribution in [1.82, 2.24) is 9.55 Å². The maximum atomic E-state index is 13.1. The highest BCUT2D eigenvalue weighted by molar-refractivity contribution is 7.14. The highest BCUT2D eigenvalue weighted by Gasteiger charge is 2.09. The van der Waals surface area contributed by atoms with Gasteiger partial charge in [-0.1, -0.05) is 18.2 Å². The van der Waals surface area contributed by atoms with Crippen LogP contribution in [0, 0.1) is 19.7 Å². The summed E-state index contributed by atoms with van der Waals surface area (Å²) in [7, 11) is 0. The zero-order valence-corrected chi connectivity index (χ0v) is 16.4. The number of rotatable bonds is 5. The lowest BCUT2D eigenvalue weighted by atomic mass is 10.2. The second-order valence-electron chi connectivity index (χ2n) is 6.41. The Morgan fingerprint density at radius 3 is 2.57 bits per heavy atom. The van der Waals surface area contributed by atoms with Crippen molar-refractivity contribution in [3.05, 3.63) is 88.8 Å². The van der Waals surface area contributed by atoms with E-state index in [0.717, 1.165) is 33.9 Å². The van der Waals surface area contributed by atoms with Crippen molar-refractivity contribution in [2.75, 3.05) is 5.43 Å². The first kappa shape index (κ1) is 18.1. The Bertz CT molecular complexity index is 1110. The Morgan fingerprint density at radius 1 is 1.07 bits per heavy atom. The van der Waals surface area contributed by atoms with Gasteiger partial charge in [0.25, 0.3) is 0 Å². The van der Waals surface area contributed by atoms with Gasteiger partial charge in [0, 0.05) is 33.6 Å². The van der Waals surface area contributed by atoms with Gasteiger partial charge < -0.3 is 4.57 Å². The molecule has 0 spiro atoms. The van der Waals surface area contributed by atoms with Gasteiger partial charge in [-0.15, -0.1) is 11.3 Å². The van der Waals surface area contributed by atoms with Crippen LogP contribution in [0.15, 0.2) is 71.1 Å². The number of aromatic nitrogens is 2. The fourth-order valence-electron chi connectivity index (χ4n) is 3.13. The molecule has 0 aliphatic heterocycles. The molecule has 0 bridgehead atoms. The zero-order valence-electron chi connectivity index (χ0n) is 15.6. The first-order valence-corrected chi connectivity index (χ1v) is 9.75. The van der Waals surface area contributed by atoms with E-state index in [1.54, 1.807) is 18.3 Å². The van der Waals surface area contributed by atoms with Gasteiger partial charge >= 0.3 is 0 Å². The van der Waals surface area contributed by atoms with Crippen molar-refractivity contribution in [3.63, 3.8) is 0 Å². The summed E-state index contributed by atoms with van der Waals surface area (Å²) in [5.74, 6) is -0.255. The predicted octanol–water partition coefficient (Wildman–Crippen LogP) is 5.80. The van der Waals surface area contributed by atoms with E-state index in [9.17, 15) is 4.39 Å². The first-order chi connectivity index (χ1) is 13.6. The third-order valence-electron chi connectivity index (χ3n) is 4.49. The molecule has 0 radical (unpaired) electrons. The van der Waals surface area contributed by atoms with Crippen molar-refractivity contribution in [2.24, 2.45) is 5.10 Å². The molecule has 0 aliphatic carbocycles. The number of benzene rings is 2. The SMILES string of the molecule is Cc1cc(C=NNc2nc(-c3ccc(F)cc3)cs2)c(C)n1-c1ccccc1. The Kier molecular flexibility index (Phi) is 5.04. The van der Waals surface area contributed by atoms with Crippen LogP contribution < -0.4 is 5.43 Å². The Hall–Kier alpha value is -3.25. The van der Waals surface area contributed by atoms with Crippen LogP contribution in [0.2, 0.25) is 0 Å². The third-order valence-corrected chi connectivity index (χ3v) is 5.24. The monoisotopic (exact) mass is 390 g/mol. The van der Waals surface area contributed by atoms with Gasteiger partial charge in [0.2, 0.25) is 5.13 Å². The highest BCUT2D eigenvalue weighted by atomic mass is 32.1. The molecule has 0 unspecified atom stereocenters. The number of thiazole rings is 1. The molecule has 4 aromatic rings. The molecule has 0 atom stereocenters. The molecule has 6 heteroatoms. The number of halogens is 1. The second-order valence-corrected chi connectivity index (χ2v) is 7.27. The van der Waals surface area contributed by atoms with E-state index in [1.807, 2.05) is 23.6 Å². The summed E-state index contributed by atoms with van der Waals surface area (Å²) >= 11 is 1.46. The minimum atomic E-state index is -0.255. The number of para-hydroxylation sites is 1. The molecule has 140 valence electrons. The fourth-order valence-corrected chi connectivity index (χ4v) is 3.80. The molecule has 0 saturated carbocycles. The normalized spacial score (nSPS) is 11.2. The van der Waals surface area contributed by atoms with Gasteiger partial charge in [-0.05, 0) is 56.3 Å². The van der Waals surface area contributed by atoms with E-state index in [2.05, 4.69) is 52.1 Å². The number of nitrogens with one attached hydrogen (secondary N) is 1. The lowest BCUT2D eigenvalue weighted by Gasteiger charge is -2.08. The quantitative estimate of drug-likeness (QED) is 0.345. The molecule has 0 aliphatic rings. The van der Waals surface area contributed by atoms with Crippen LogP contribution in [0.25, 0.3) is 16.9 Å². The maximum Gasteiger partial charge on any atom is 0.203 e. The van der Waals surface area contributed by atoms with Gasteiger partial charge in [-0.3, -0.25) is 5.43 Å². The number of aryl methyl sites for hydroxylation is 1. The van der Waals surface area contributed by atoms with Crippen molar-refractivity contribution in [1.29, 1.82) is 0 Å². The zero-order chi connectivity index (χ0) is 19.5. The van der Waals surface area contributed by atoms with E-state index < -0.39 is 0 Å². The van der Waals surface area contributed by atoms with Gasteiger partial charge in [0.15, 0.2) is 0 Å². The highest BCUT2D eigenvalue weighted by Crippen LogP contribution is 2.25. The molecular weight excluding hydrogens is 371 g/mol. The predicted molar refractivity (Wildman–Crippen MR) is 114 cm³/mol. The summed E-state index contributed by atoms with van der Waals surface area (Å²) in [6.45, 7) is 4.16. The van der Waals surface area contributed by atoms with Crippen molar-refractivity contribution in [2.45, 2.75) is 13.8 Å². The minimum absolute atomic E-state index is 0.255. The lowest BCUT2D eigenvalue weighted by Crippen LogP contribution is -1.99. The van der Waals surface area contributed by atoms with Crippen LogP contribution in [0.5, 0.6) is 0 Å². The van der Waals surface area contributed by atoms with Crippen LogP contribution in [-0.2, 0) is 0 Å². The molecule has 1 N–H and O–H groups in total. The smallest absolute Gasteiger partial charge is 0.203 e. The number of hydrazone groups is 1. The van der Waals surface area contributed by atoms with Crippen molar-refractivity contribution < 1.29 is 4.39 Å². The van der Waals surface area contributed by atoms with Gasteiger partial charge in [0.05, 0.1) is 11.9 Å². The van der Waals surface area contributed by atoms with E-state index >= 15 is 0 Å². The average Bonchev–Trinajstić information content (AvgIpc) is 3.28. The minimum Gasteiger partial charge on any atom is -0.318 e. The molecule has 2 aromatic heterocycles. The summed E-state index contributed by atoms with van der Waals surface area (Å²) in [6, 6.07) is 18.7. The van der Waals surface area contributed by atoms with Crippen molar-refractivity contribution >= 4 is 22.7 Å². The van der Waals surface area contributed by atoms with E-state index in [4.69, 9.17) is 0 Å². The van der Waals surface area contributed by atoms with Crippen LogP contribution in [0.3, 0.4) is 0 Å². The number of hydrogen-bond acceptors (Lipinski definition) is 4. The van der Waals surface area contributed by atoms with Gasteiger partial charge in [0.1, 0.15) is 5.82 Å². The molecule has 0 fully saturated rings. The number of nitrogens with zero attached hydrogens (tertiary/aromatic N) is 3. The van der Waals surface area contributed by atoms with Gasteiger partial charge in [-0.2, -0.15) is 5.10 Å². The number of anilines is 1. The molecule has 4 rings (SSSR count). The summed E-state index contributed by atoms with van der Waals surface area (Å²) in [5, 5.41) is 6.95. The van der Waals surface area contributed by atoms with Gasteiger partial charge in [-0.25, -0.2) is 9.37 Å². The average molecular weight is 390 g/mol. The summed E-state index contributed by atoms with van der Waals surface area (Å²) in [4.78, 5) is 4.50. The molecule has 2 heterocycles.